The number of hydrogen-bond acceptors (Lipinski definition) is 4. The van der Waals surface area contributed by atoms with Crippen molar-refractivity contribution in [1.29, 1.82) is 0 Å². The van der Waals surface area contributed by atoms with E-state index in [1.54, 1.807) is 30.3 Å². The summed E-state index contributed by atoms with van der Waals surface area (Å²) in [6.45, 7) is 6.00. The Bertz CT molecular complexity index is 1000. The van der Waals surface area contributed by atoms with E-state index in [4.69, 9.17) is 9.47 Å². The van der Waals surface area contributed by atoms with Crippen LogP contribution in [0.4, 0.5) is 0 Å². The zero-order valence-electron chi connectivity index (χ0n) is 16.9. The Morgan fingerprint density at radius 3 is 1.93 bits per heavy atom. The maximum atomic E-state index is 12.3. The highest BCUT2D eigenvalue weighted by atomic mass is 16.5. The highest BCUT2D eigenvalue weighted by molar-refractivity contribution is 5.97. The Hall–Kier alpha value is -3.40. The van der Waals surface area contributed by atoms with E-state index >= 15 is 0 Å². The van der Waals surface area contributed by atoms with Crippen molar-refractivity contribution in [3.8, 4) is 5.75 Å². The third-order valence-corrected chi connectivity index (χ3v) is 4.63. The number of ketones is 1. The minimum atomic E-state index is -0.355. The fraction of sp³-hybridized carbons (Fsp3) is 0.200. The van der Waals surface area contributed by atoms with Gasteiger partial charge in [-0.05, 0) is 56.2 Å². The van der Waals surface area contributed by atoms with Crippen LogP contribution in [0.2, 0.25) is 0 Å². The molecule has 0 N–H and O–H groups in total. The molecule has 0 unspecified atom stereocenters. The second-order valence-corrected chi connectivity index (χ2v) is 7.12. The number of benzene rings is 3. The summed E-state index contributed by atoms with van der Waals surface area (Å²) in [5, 5.41) is 0. The van der Waals surface area contributed by atoms with Crippen LogP contribution in [0.5, 0.6) is 5.75 Å². The van der Waals surface area contributed by atoms with Gasteiger partial charge in [0.05, 0.1) is 5.56 Å². The lowest BCUT2D eigenvalue weighted by molar-refractivity contribution is 0.0472. The molecular weight excluding hydrogens is 364 g/mol. The van der Waals surface area contributed by atoms with E-state index in [1.807, 2.05) is 57.2 Å². The summed E-state index contributed by atoms with van der Waals surface area (Å²) in [7, 11) is 0. The maximum Gasteiger partial charge on any atom is 0.338 e. The van der Waals surface area contributed by atoms with Gasteiger partial charge in [-0.3, -0.25) is 4.79 Å². The number of ether oxygens (including phenoxy) is 2. The molecule has 0 heterocycles. The van der Waals surface area contributed by atoms with Crippen LogP contribution in [0.15, 0.2) is 66.7 Å². The van der Waals surface area contributed by atoms with Crippen LogP contribution in [0.3, 0.4) is 0 Å². The van der Waals surface area contributed by atoms with Crippen LogP contribution in [0.25, 0.3) is 0 Å². The molecule has 0 atom stereocenters. The Balaban J connectivity index is 1.55. The van der Waals surface area contributed by atoms with Crippen molar-refractivity contribution in [2.24, 2.45) is 0 Å². The van der Waals surface area contributed by atoms with E-state index in [0.717, 1.165) is 22.3 Å². The SMILES string of the molecule is Cc1ccc(C(=O)COc2ccc(COC(=O)c3ccc(C)cc3)cc2C)cc1. The lowest BCUT2D eigenvalue weighted by Crippen LogP contribution is -2.12. The lowest BCUT2D eigenvalue weighted by atomic mass is 10.1. The number of rotatable bonds is 7. The largest absolute Gasteiger partial charge is 0.485 e. The van der Waals surface area contributed by atoms with Crippen molar-refractivity contribution in [2.45, 2.75) is 27.4 Å². The smallest absolute Gasteiger partial charge is 0.338 e. The molecule has 0 aromatic heterocycles. The molecule has 0 aliphatic heterocycles. The average Bonchev–Trinajstić information content (AvgIpc) is 2.72. The monoisotopic (exact) mass is 388 g/mol. The molecule has 3 aromatic rings. The number of carbonyl (C=O) groups excluding carboxylic acids is 2. The predicted molar refractivity (Wildman–Crippen MR) is 112 cm³/mol. The molecule has 4 nitrogen and oxygen atoms in total. The number of Topliss-reactive ketones (excluding diaryl/α,β-unsaturated/α-hetero) is 1. The molecule has 29 heavy (non-hydrogen) atoms. The van der Waals surface area contributed by atoms with E-state index in [-0.39, 0.29) is 25.0 Å². The van der Waals surface area contributed by atoms with E-state index < -0.39 is 0 Å². The van der Waals surface area contributed by atoms with Crippen molar-refractivity contribution in [1.82, 2.24) is 0 Å². The fourth-order valence-corrected chi connectivity index (χ4v) is 2.85. The quantitative estimate of drug-likeness (QED) is 0.411. The Kier molecular flexibility index (Phi) is 6.45. The normalized spacial score (nSPS) is 10.4. The van der Waals surface area contributed by atoms with Crippen molar-refractivity contribution in [3.63, 3.8) is 0 Å². The van der Waals surface area contributed by atoms with Gasteiger partial charge in [-0.2, -0.15) is 0 Å². The zero-order valence-corrected chi connectivity index (χ0v) is 16.9. The van der Waals surface area contributed by atoms with E-state index in [0.29, 0.717) is 16.9 Å². The molecule has 3 rings (SSSR count). The maximum absolute atomic E-state index is 12.3. The Morgan fingerprint density at radius 1 is 0.759 bits per heavy atom. The topological polar surface area (TPSA) is 52.6 Å². The van der Waals surface area contributed by atoms with Crippen LogP contribution >= 0.6 is 0 Å². The molecule has 3 aromatic carbocycles. The molecule has 0 fully saturated rings. The van der Waals surface area contributed by atoms with Gasteiger partial charge in [0, 0.05) is 5.56 Å². The number of aryl methyl sites for hydroxylation is 3. The van der Waals surface area contributed by atoms with E-state index in [1.165, 1.54) is 0 Å². The van der Waals surface area contributed by atoms with Crippen molar-refractivity contribution < 1.29 is 19.1 Å². The van der Waals surface area contributed by atoms with Crippen molar-refractivity contribution in [2.75, 3.05) is 6.61 Å². The van der Waals surface area contributed by atoms with Gasteiger partial charge in [-0.1, -0.05) is 53.6 Å². The molecule has 0 saturated carbocycles. The third-order valence-electron chi connectivity index (χ3n) is 4.63. The number of carbonyl (C=O) groups is 2. The first-order valence-electron chi connectivity index (χ1n) is 9.48. The Morgan fingerprint density at radius 2 is 1.34 bits per heavy atom. The van der Waals surface area contributed by atoms with Crippen LogP contribution in [-0.4, -0.2) is 18.4 Å². The van der Waals surface area contributed by atoms with Gasteiger partial charge in [0.25, 0.3) is 0 Å². The minimum absolute atomic E-state index is 0.0222. The average molecular weight is 388 g/mol. The van der Waals surface area contributed by atoms with Crippen LogP contribution in [-0.2, 0) is 11.3 Å². The number of hydrogen-bond donors (Lipinski definition) is 0. The second-order valence-electron chi connectivity index (χ2n) is 7.12. The Labute approximate surface area is 171 Å². The van der Waals surface area contributed by atoms with Gasteiger partial charge in [-0.25, -0.2) is 4.79 Å². The fourth-order valence-electron chi connectivity index (χ4n) is 2.85. The molecule has 0 bridgehead atoms. The molecule has 0 spiro atoms. The summed E-state index contributed by atoms with van der Waals surface area (Å²) in [5.74, 6) is 0.214. The van der Waals surface area contributed by atoms with Crippen LogP contribution in [0.1, 0.15) is 43.0 Å². The molecule has 0 aliphatic carbocycles. The van der Waals surface area contributed by atoms with Crippen molar-refractivity contribution >= 4 is 11.8 Å². The van der Waals surface area contributed by atoms with Crippen LogP contribution in [0, 0.1) is 20.8 Å². The highest BCUT2D eigenvalue weighted by Gasteiger charge is 2.10. The summed E-state index contributed by atoms with van der Waals surface area (Å²) in [6.07, 6.45) is 0. The van der Waals surface area contributed by atoms with Gasteiger partial charge in [0.2, 0.25) is 0 Å². The molecular formula is C25H24O4. The number of esters is 1. The molecule has 0 saturated heterocycles. The van der Waals surface area contributed by atoms with Crippen molar-refractivity contribution in [3.05, 3.63) is 100 Å². The molecule has 148 valence electrons. The molecule has 0 aliphatic rings. The first-order valence-corrected chi connectivity index (χ1v) is 9.48. The van der Waals surface area contributed by atoms with Gasteiger partial charge < -0.3 is 9.47 Å². The summed E-state index contributed by atoms with van der Waals surface area (Å²) >= 11 is 0. The summed E-state index contributed by atoms with van der Waals surface area (Å²) in [4.78, 5) is 24.4. The van der Waals surface area contributed by atoms with Gasteiger partial charge >= 0.3 is 5.97 Å². The molecule has 0 amide bonds. The van der Waals surface area contributed by atoms with Gasteiger partial charge in [-0.15, -0.1) is 0 Å². The van der Waals surface area contributed by atoms with E-state index in [2.05, 4.69) is 0 Å². The summed E-state index contributed by atoms with van der Waals surface area (Å²) in [5.41, 5.74) is 5.10. The minimum Gasteiger partial charge on any atom is -0.485 e. The van der Waals surface area contributed by atoms with Crippen LogP contribution < -0.4 is 4.74 Å². The predicted octanol–water partition coefficient (Wildman–Crippen LogP) is 5.23. The summed E-state index contributed by atoms with van der Waals surface area (Å²) < 4.78 is 11.1. The lowest BCUT2D eigenvalue weighted by Gasteiger charge is -2.11. The first-order chi connectivity index (χ1) is 13.9. The van der Waals surface area contributed by atoms with Gasteiger partial charge in [0.1, 0.15) is 12.4 Å². The standard InChI is InChI=1S/C25H24O4/c1-17-4-9-21(10-5-17)23(26)16-28-24-13-8-20(14-19(24)3)15-29-25(27)22-11-6-18(2)7-12-22/h4-14H,15-16H2,1-3H3. The second kappa shape index (κ2) is 9.20. The third kappa shape index (κ3) is 5.55. The van der Waals surface area contributed by atoms with Gasteiger partial charge in [0.15, 0.2) is 12.4 Å². The highest BCUT2D eigenvalue weighted by Crippen LogP contribution is 2.20. The zero-order chi connectivity index (χ0) is 20.8. The first kappa shape index (κ1) is 20.3. The summed E-state index contributed by atoms with van der Waals surface area (Å²) in [6, 6.07) is 20.2. The van der Waals surface area contributed by atoms with E-state index in [9.17, 15) is 9.59 Å². The molecule has 4 heteroatoms. The molecule has 0 radical (unpaired) electrons.